The van der Waals surface area contributed by atoms with Crippen LogP contribution in [0.1, 0.15) is 13.8 Å². The van der Waals surface area contributed by atoms with Gasteiger partial charge in [-0.3, -0.25) is 4.72 Å². The second kappa shape index (κ2) is 7.11. The van der Waals surface area contributed by atoms with E-state index in [1.807, 2.05) is 38.1 Å². The average Bonchev–Trinajstić information content (AvgIpc) is 2.49. The van der Waals surface area contributed by atoms with E-state index in [-0.39, 0.29) is 0 Å². The maximum atomic E-state index is 12.1. The van der Waals surface area contributed by atoms with E-state index in [1.165, 1.54) is 4.31 Å². The maximum absolute atomic E-state index is 12.1. The molecule has 1 heterocycles. The number of piperazine rings is 1. The van der Waals surface area contributed by atoms with E-state index in [0.717, 1.165) is 31.9 Å². The Morgan fingerprint density at radius 3 is 2.24 bits per heavy atom. The van der Waals surface area contributed by atoms with Crippen LogP contribution in [-0.4, -0.2) is 52.0 Å². The molecular weight excluding hydrogens is 288 g/mol. The second-order valence-corrected chi connectivity index (χ2v) is 6.65. The van der Waals surface area contributed by atoms with E-state index >= 15 is 0 Å². The van der Waals surface area contributed by atoms with Crippen LogP contribution in [-0.2, 0) is 10.2 Å². The van der Waals surface area contributed by atoms with Gasteiger partial charge in [0.25, 0.3) is 0 Å². The zero-order chi connectivity index (χ0) is 15.3. The summed E-state index contributed by atoms with van der Waals surface area (Å²) >= 11 is 0. The summed E-state index contributed by atoms with van der Waals surface area (Å²) in [4.78, 5) is 2.29. The molecule has 0 atom stereocenters. The van der Waals surface area contributed by atoms with Crippen molar-refractivity contribution >= 4 is 21.6 Å². The van der Waals surface area contributed by atoms with Crippen LogP contribution in [0.25, 0.3) is 0 Å². The second-order valence-electron chi connectivity index (χ2n) is 4.98. The molecular formula is C14H24N4O2S. The van der Waals surface area contributed by atoms with E-state index in [2.05, 4.69) is 14.9 Å². The van der Waals surface area contributed by atoms with Gasteiger partial charge in [-0.05, 0) is 24.3 Å². The Morgan fingerprint density at radius 2 is 1.71 bits per heavy atom. The third kappa shape index (κ3) is 4.09. The van der Waals surface area contributed by atoms with Crippen molar-refractivity contribution in [1.82, 2.24) is 9.62 Å². The number of nitrogens with one attached hydrogen (secondary N) is 2. The van der Waals surface area contributed by atoms with Crippen LogP contribution >= 0.6 is 0 Å². The molecule has 2 rings (SSSR count). The Hall–Kier alpha value is -1.31. The quantitative estimate of drug-likeness (QED) is 0.825. The number of nitrogens with zero attached hydrogens (tertiary/aromatic N) is 2. The molecule has 1 fully saturated rings. The fourth-order valence-corrected chi connectivity index (χ4v) is 3.68. The van der Waals surface area contributed by atoms with Crippen molar-refractivity contribution in [2.45, 2.75) is 13.8 Å². The molecule has 0 radical (unpaired) electrons. The zero-order valence-electron chi connectivity index (χ0n) is 12.7. The molecule has 0 bridgehead atoms. The molecule has 1 aromatic carbocycles. The Kier molecular flexibility index (Phi) is 5.44. The standard InChI is InChI=1S/C14H24N4O2S/c1-3-18(4-2)21(19,20)16-13-5-7-14(8-6-13)17-11-9-15-10-12-17/h5-8,15-16H,3-4,9-12H2,1-2H3. The molecule has 2 N–H and O–H groups in total. The largest absolute Gasteiger partial charge is 0.369 e. The van der Waals surface area contributed by atoms with Crippen molar-refractivity contribution in [1.29, 1.82) is 0 Å². The first kappa shape index (κ1) is 16.1. The summed E-state index contributed by atoms with van der Waals surface area (Å²) in [6.45, 7) is 8.50. The topological polar surface area (TPSA) is 64.7 Å². The van der Waals surface area contributed by atoms with Gasteiger partial charge in [-0.2, -0.15) is 12.7 Å². The minimum absolute atomic E-state index is 0.463. The van der Waals surface area contributed by atoms with E-state index in [1.54, 1.807) is 0 Å². The summed E-state index contributed by atoms with van der Waals surface area (Å²) in [6, 6.07) is 7.56. The third-order valence-electron chi connectivity index (χ3n) is 3.64. The number of rotatable bonds is 6. The molecule has 1 aromatic rings. The Labute approximate surface area is 127 Å². The van der Waals surface area contributed by atoms with Gasteiger partial charge in [-0.25, -0.2) is 0 Å². The summed E-state index contributed by atoms with van der Waals surface area (Å²) < 4.78 is 28.3. The normalized spacial score (nSPS) is 16.2. The van der Waals surface area contributed by atoms with Crippen molar-refractivity contribution in [3.05, 3.63) is 24.3 Å². The van der Waals surface area contributed by atoms with Crippen LogP contribution in [0.3, 0.4) is 0 Å². The first-order valence-electron chi connectivity index (χ1n) is 7.40. The third-order valence-corrected chi connectivity index (χ3v) is 5.33. The molecule has 0 aliphatic carbocycles. The lowest BCUT2D eigenvalue weighted by Gasteiger charge is -2.29. The summed E-state index contributed by atoms with van der Waals surface area (Å²) in [5.41, 5.74) is 1.73. The van der Waals surface area contributed by atoms with Gasteiger partial charge >= 0.3 is 10.2 Å². The fraction of sp³-hybridized carbons (Fsp3) is 0.571. The highest BCUT2D eigenvalue weighted by Crippen LogP contribution is 2.19. The molecule has 0 spiro atoms. The predicted molar refractivity (Wildman–Crippen MR) is 87.0 cm³/mol. The first-order valence-corrected chi connectivity index (χ1v) is 8.84. The van der Waals surface area contributed by atoms with E-state index in [0.29, 0.717) is 18.8 Å². The van der Waals surface area contributed by atoms with Crippen molar-refractivity contribution < 1.29 is 8.42 Å². The number of anilines is 2. The molecule has 21 heavy (non-hydrogen) atoms. The smallest absolute Gasteiger partial charge is 0.301 e. The van der Waals surface area contributed by atoms with E-state index in [9.17, 15) is 8.42 Å². The maximum Gasteiger partial charge on any atom is 0.301 e. The minimum Gasteiger partial charge on any atom is -0.369 e. The Balaban J connectivity index is 2.05. The monoisotopic (exact) mass is 312 g/mol. The molecule has 0 unspecified atom stereocenters. The van der Waals surface area contributed by atoms with Crippen molar-refractivity contribution in [3.63, 3.8) is 0 Å². The number of hydrogen-bond donors (Lipinski definition) is 2. The van der Waals surface area contributed by atoms with Gasteiger partial charge in [-0.1, -0.05) is 13.8 Å². The lowest BCUT2D eigenvalue weighted by atomic mass is 10.2. The van der Waals surface area contributed by atoms with Crippen molar-refractivity contribution in [2.24, 2.45) is 0 Å². The minimum atomic E-state index is -3.45. The first-order chi connectivity index (χ1) is 10.1. The predicted octanol–water partition coefficient (Wildman–Crippen LogP) is 1.09. The lowest BCUT2D eigenvalue weighted by Crippen LogP contribution is -2.43. The average molecular weight is 312 g/mol. The van der Waals surface area contributed by atoms with Crippen LogP contribution in [0, 0.1) is 0 Å². The SMILES string of the molecule is CCN(CC)S(=O)(=O)Nc1ccc(N2CCNCC2)cc1. The van der Waals surface area contributed by atoms with Crippen molar-refractivity contribution in [2.75, 3.05) is 48.9 Å². The van der Waals surface area contributed by atoms with Gasteiger partial charge in [0, 0.05) is 50.6 Å². The van der Waals surface area contributed by atoms with Crippen LogP contribution in [0.2, 0.25) is 0 Å². The summed E-state index contributed by atoms with van der Waals surface area (Å²) in [6.07, 6.45) is 0. The van der Waals surface area contributed by atoms with Crippen molar-refractivity contribution in [3.8, 4) is 0 Å². The van der Waals surface area contributed by atoms with Gasteiger partial charge in [0.2, 0.25) is 0 Å². The van der Waals surface area contributed by atoms with E-state index < -0.39 is 10.2 Å². The van der Waals surface area contributed by atoms with Gasteiger partial charge in [-0.15, -0.1) is 0 Å². The molecule has 1 aliphatic rings. The molecule has 118 valence electrons. The molecule has 1 saturated heterocycles. The molecule has 1 aliphatic heterocycles. The zero-order valence-corrected chi connectivity index (χ0v) is 13.5. The molecule has 0 aromatic heterocycles. The highest BCUT2D eigenvalue weighted by Gasteiger charge is 2.18. The molecule has 6 nitrogen and oxygen atoms in total. The van der Waals surface area contributed by atoms with Gasteiger partial charge < -0.3 is 10.2 Å². The highest BCUT2D eigenvalue weighted by atomic mass is 32.2. The Bertz CT molecular complexity index is 535. The highest BCUT2D eigenvalue weighted by molar-refractivity contribution is 7.90. The molecule has 7 heteroatoms. The van der Waals surface area contributed by atoms with Crippen LogP contribution in [0.5, 0.6) is 0 Å². The number of hydrogen-bond acceptors (Lipinski definition) is 4. The molecule has 0 amide bonds. The Morgan fingerprint density at radius 1 is 1.14 bits per heavy atom. The summed E-state index contributed by atoms with van der Waals surface area (Å²) in [5.74, 6) is 0. The van der Waals surface area contributed by atoms with Gasteiger partial charge in [0.05, 0.1) is 0 Å². The lowest BCUT2D eigenvalue weighted by molar-refractivity contribution is 0.449. The fourth-order valence-electron chi connectivity index (χ4n) is 2.44. The van der Waals surface area contributed by atoms with Gasteiger partial charge in [0.15, 0.2) is 0 Å². The summed E-state index contributed by atoms with van der Waals surface area (Å²) in [5, 5.41) is 3.31. The van der Waals surface area contributed by atoms with Gasteiger partial charge in [0.1, 0.15) is 0 Å². The van der Waals surface area contributed by atoms with Crippen LogP contribution in [0.15, 0.2) is 24.3 Å². The number of benzene rings is 1. The van der Waals surface area contributed by atoms with Crippen LogP contribution in [0.4, 0.5) is 11.4 Å². The van der Waals surface area contributed by atoms with E-state index in [4.69, 9.17) is 0 Å². The summed E-state index contributed by atoms with van der Waals surface area (Å²) in [7, 11) is -3.45. The molecule has 0 saturated carbocycles. The van der Waals surface area contributed by atoms with Crippen LogP contribution < -0.4 is 14.9 Å².